The maximum absolute atomic E-state index is 2.43. The van der Waals surface area contributed by atoms with E-state index < -0.39 is 0 Å². The summed E-state index contributed by atoms with van der Waals surface area (Å²) in [5.41, 5.74) is 13.8. The second kappa shape index (κ2) is 13.6. The van der Waals surface area contributed by atoms with Crippen molar-refractivity contribution < 1.29 is 0 Å². The Balaban J connectivity index is 0.913. The van der Waals surface area contributed by atoms with Crippen LogP contribution in [0.2, 0.25) is 0 Å². The number of hydrogen-bond acceptors (Lipinski definition) is 4. The van der Waals surface area contributed by atoms with Gasteiger partial charge in [0.2, 0.25) is 0 Å². The Labute approximate surface area is 360 Å². The third-order valence-corrected chi connectivity index (χ3v) is 12.7. The lowest BCUT2D eigenvalue weighted by molar-refractivity contribution is 1.18. The molecule has 0 fully saturated rings. The Hall–Kier alpha value is -8.34. The van der Waals surface area contributed by atoms with Gasteiger partial charge in [0, 0.05) is 22.1 Å². The summed E-state index contributed by atoms with van der Waals surface area (Å²) in [5, 5.41) is 9.72. The van der Waals surface area contributed by atoms with Gasteiger partial charge in [-0.25, -0.2) is 0 Å². The van der Waals surface area contributed by atoms with Gasteiger partial charge in [0.25, 0.3) is 0 Å². The molecule has 0 N–H and O–H groups in total. The summed E-state index contributed by atoms with van der Waals surface area (Å²) in [4.78, 5) is 9.70. The first kappa shape index (κ1) is 34.5. The monoisotopic (exact) mass is 790 g/mol. The topological polar surface area (TPSA) is 13.0 Å². The van der Waals surface area contributed by atoms with Crippen molar-refractivity contribution in [2.24, 2.45) is 0 Å². The molecule has 0 radical (unpaired) electrons. The molecule has 0 unspecified atom stereocenters. The lowest BCUT2D eigenvalue weighted by Crippen LogP contribution is -2.24. The number of benzene rings is 11. The van der Waals surface area contributed by atoms with E-state index in [-0.39, 0.29) is 0 Å². The summed E-state index contributed by atoms with van der Waals surface area (Å²) < 4.78 is 0. The number of anilines is 12. The van der Waals surface area contributed by atoms with Crippen LogP contribution in [0.5, 0.6) is 0 Å². The number of fused-ring (bicyclic) bond motifs is 8. The molecule has 0 saturated heterocycles. The van der Waals surface area contributed by atoms with Gasteiger partial charge in [-0.3, -0.25) is 0 Å². The summed E-state index contributed by atoms with van der Waals surface area (Å²) in [5.74, 6) is 0. The molecule has 2 aliphatic rings. The first-order chi connectivity index (χ1) is 30.8. The molecule has 0 amide bonds. The second-order valence-corrected chi connectivity index (χ2v) is 16.2. The van der Waals surface area contributed by atoms with Crippen molar-refractivity contribution in [2.75, 3.05) is 19.6 Å². The summed E-state index contributed by atoms with van der Waals surface area (Å²) in [6.07, 6.45) is 0. The molecular formula is C58H38N4. The van der Waals surface area contributed by atoms with E-state index in [1.165, 1.54) is 54.5 Å². The van der Waals surface area contributed by atoms with Gasteiger partial charge in [0.15, 0.2) is 0 Å². The first-order valence-corrected chi connectivity index (χ1v) is 21.3. The predicted molar refractivity (Wildman–Crippen MR) is 262 cm³/mol. The minimum Gasteiger partial charge on any atom is -0.306 e. The average Bonchev–Trinajstić information content (AvgIpc) is 3.33. The minimum atomic E-state index is 1.13. The molecule has 4 heteroatoms. The smallest absolute Gasteiger partial charge is 0.0703 e. The molecule has 0 saturated carbocycles. The predicted octanol–water partition coefficient (Wildman–Crippen LogP) is 16.8. The van der Waals surface area contributed by atoms with Gasteiger partial charge < -0.3 is 19.6 Å². The van der Waals surface area contributed by atoms with E-state index in [2.05, 4.69) is 250 Å². The van der Waals surface area contributed by atoms with Crippen LogP contribution in [0.25, 0.3) is 43.1 Å². The molecule has 4 nitrogen and oxygen atoms in total. The van der Waals surface area contributed by atoms with Gasteiger partial charge >= 0.3 is 0 Å². The molecule has 2 heterocycles. The number of nitrogens with zero attached hydrogens (tertiary/aromatic N) is 4. The number of rotatable bonds is 4. The first-order valence-electron chi connectivity index (χ1n) is 21.3. The van der Waals surface area contributed by atoms with Crippen LogP contribution < -0.4 is 19.6 Å². The standard InChI is InChI=1S/C58H38N4/c1-3-19-47-39(15-1)17-13-29-49(47)61-55-25-9-5-21-51(55)59(52-22-6-10-26-56(52)61)45-33-31-41-36-44-38-46(34-32-42(44)35-43(41)37-45)60-53-23-7-11-27-57(53)62(58-28-12-8-24-54(58)60)50-30-14-18-40-16-2-4-20-48(40)50/h1-38H. The zero-order valence-electron chi connectivity index (χ0n) is 33.7. The zero-order valence-corrected chi connectivity index (χ0v) is 33.7. The summed E-state index contributed by atoms with van der Waals surface area (Å²) in [7, 11) is 0. The van der Waals surface area contributed by atoms with Crippen molar-refractivity contribution in [3.63, 3.8) is 0 Å². The second-order valence-electron chi connectivity index (χ2n) is 16.2. The fourth-order valence-electron chi connectivity index (χ4n) is 10.0. The molecule has 62 heavy (non-hydrogen) atoms. The Morgan fingerprint density at radius 3 is 0.839 bits per heavy atom. The van der Waals surface area contributed by atoms with Crippen molar-refractivity contribution in [1.82, 2.24) is 0 Å². The van der Waals surface area contributed by atoms with Crippen LogP contribution in [0, 0.1) is 0 Å². The third-order valence-electron chi connectivity index (χ3n) is 12.7. The summed E-state index contributed by atoms with van der Waals surface area (Å²) >= 11 is 0. The molecule has 0 aromatic heterocycles. The number of hydrogen-bond donors (Lipinski definition) is 0. The van der Waals surface area contributed by atoms with Gasteiger partial charge in [-0.15, -0.1) is 0 Å². The quantitative estimate of drug-likeness (QED) is 0.165. The lowest BCUT2D eigenvalue weighted by Gasteiger charge is -2.40. The molecule has 11 aromatic carbocycles. The van der Waals surface area contributed by atoms with Gasteiger partial charge in [0.05, 0.1) is 56.9 Å². The summed E-state index contributed by atoms with van der Waals surface area (Å²) in [6.45, 7) is 0. The highest BCUT2D eigenvalue weighted by atomic mass is 15.3. The lowest BCUT2D eigenvalue weighted by atomic mass is 9.99. The Kier molecular flexibility index (Phi) is 7.57. The highest BCUT2D eigenvalue weighted by Gasteiger charge is 2.32. The fraction of sp³-hybridized carbons (Fsp3) is 0. The molecular weight excluding hydrogens is 753 g/mol. The molecule has 0 atom stereocenters. The van der Waals surface area contributed by atoms with Crippen LogP contribution in [-0.2, 0) is 0 Å². The highest BCUT2D eigenvalue weighted by Crippen LogP contribution is 2.57. The molecule has 0 spiro atoms. The highest BCUT2D eigenvalue weighted by molar-refractivity contribution is 6.10. The van der Waals surface area contributed by atoms with Crippen LogP contribution in [0.3, 0.4) is 0 Å². The Bertz CT molecular complexity index is 3250. The average molecular weight is 791 g/mol. The van der Waals surface area contributed by atoms with E-state index in [1.807, 2.05) is 0 Å². The van der Waals surface area contributed by atoms with Crippen LogP contribution in [0.1, 0.15) is 0 Å². The maximum atomic E-state index is 2.43. The molecule has 13 rings (SSSR count). The normalized spacial score (nSPS) is 13.0. The number of para-hydroxylation sites is 8. The molecule has 0 aliphatic carbocycles. The SMILES string of the molecule is c1ccc2c(c1)N(c1ccc3cc4cc(N5c6ccccc6N(c6cccc7ccccc67)c6ccccc65)ccc4cc3c1)c1ccccc1N2c1cccc2ccccc12. The Morgan fingerprint density at radius 2 is 0.468 bits per heavy atom. The van der Waals surface area contributed by atoms with E-state index in [1.54, 1.807) is 0 Å². The van der Waals surface area contributed by atoms with E-state index in [0.29, 0.717) is 0 Å². The van der Waals surface area contributed by atoms with Gasteiger partial charge in [0.1, 0.15) is 0 Å². The maximum Gasteiger partial charge on any atom is 0.0703 e. The van der Waals surface area contributed by atoms with Crippen LogP contribution in [0.4, 0.5) is 68.2 Å². The molecule has 11 aromatic rings. The van der Waals surface area contributed by atoms with E-state index in [9.17, 15) is 0 Å². The Morgan fingerprint density at radius 1 is 0.177 bits per heavy atom. The van der Waals surface area contributed by atoms with Crippen molar-refractivity contribution in [2.45, 2.75) is 0 Å². The van der Waals surface area contributed by atoms with Gasteiger partial charge in [-0.05, 0) is 129 Å². The third kappa shape index (κ3) is 5.20. The van der Waals surface area contributed by atoms with Crippen molar-refractivity contribution in [1.29, 1.82) is 0 Å². The van der Waals surface area contributed by atoms with E-state index in [4.69, 9.17) is 0 Å². The van der Waals surface area contributed by atoms with Crippen molar-refractivity contribution in [3.8, 4) is 0 Å². The molecule has 0 bridgehead atoms. The van der Waals surface area contributed by atoms with Crippen molar-refractivity contribution >= 4 is 111 Å². The van der Waals surface area contributed by atoms with Crippen LogP contribution in [-0.4, -0.2) is 0 Å². The summed E-state index contributed by atoms with van der Waals surface area (Å²) in [6, 6.07) is 84.1. The van der Waals surface area contributed by atoms with Gasteiger partial charge in [-0.1, -0.05) is 133 Å². The van der Waals surface area contributed by atoms with E-state index in [0.717, 1.165) is 56.9 Å². The van der Waals surface area contributed by atoms with Crippen molar-refractivity contribution in [3.05, 3.63) is 231 Å². The van der Waals surface area contributed by atoms with Gasteiger partial charge in [-0.2, -0.15) is 0 Å². The molecule has 2 aliphatic heterocycles. The van der Waals surface area contributed by atoms with E-state index >= 15 is 0 Å². The minimum absolute atomic E-state index is 1.13. The van der Waals surface area contributed by atoms with Crippen LogP contribution >= 0.6 is 0 Å². The largest absolute Gasteiger partial charge is 0.306 e. The fourth-order valence-corrected chi connectivity index (χ4v) is 10.0. The molecule has 290 valence electrons. The van der Waals surface area contributed by atoms with Crippen LogP contribution in [0.15, 0.2) is 231 Å². The zero-order chi connectivity index (χ0) is 40.7.